The van der Waals surface area contributed by atoms with Gasteiger partial charge in [0.15, 0.2) is 0 Å². The molecule has 4 N–H and O–H groups in total. The number of fused-ring (bicyclic) bond motifs is 1. The highest BCUT2D eigenvalue weighted by molar-refractivity contribution is 5.95. The Balaban J connectivity index is 0.00000182. The van der Waals surface area contributed by atoms with E-state index in [9.17, 15) is 4.79 Å². The van der Waals surface area contributed by atoms with Crippen LogP contribution in [0.1, 0.15) is 71.2 Å². The molecule has 0 unspecified atom stereocenters. The van der Waals surface area contributed by atoms with Crippen molar-refractivity contribution in [3.05, 3.63) is 52.8 Å². The number of carbonyl (C=O) groups is 1. The predicted octanol–water partition coefficient (Wildman–Crippen LogP) is 3.23. The second-order valence-electron chi connectivity index (χ2n) is 7.04. The van der Waals surface area contributed by atoms with E-state index in [1.165, 1.54) is 24.8 Å². The molecule has 1 aromatic heterocycles. The zero-order valence-corrected chi connectivity index (χ0v) is 15.0. The molecule has 5 nitrogen and oxygen atoms in total. The summed E-state index contributed by atoms with van der Waals surface area (Å²) in [4.78, 5) is 12.8. The van der Waals surface area contributed by atoms with Gasteiger partial charge in [0.2, 0.25) is 0 Å². The molecule has 2 atom stereocenters. The van der Waals surface area contributed by atoms with Crippen LogP contribution in [0.3, 0.4) is 0 Å². The molecular weight excluding hydrogens is 336 g/mol. The molecule has 0 radical (unpaired) electrons. The molecule has 0 spiro atoms. The standard InChI is InChI=1S/C19H24N4O.ClH/c20-17-14-9-5-4-8-13(14)10-16(17)22-19(24)15-11-21-23-18(15)12-6-2-1-3-7-12;/h4-5,8-9,11-12,16-17H,1-3,6-7,10,20H2,(H,21,23)(H,22,24);1H/t16-,17-;/m0./s1. The van der Waals surface area contributed by atoms with E-state index in [-0.39, 0.29) is 30.4 Å². The lowest BCUT2D eigenvalue weighted by Gasteiger charge is -2.22. The molecule has 0 saturated heterocycles. The molecule has 4 rings (SSSR count). The van der Waals surface area contributed by atoms with Crippen LogP contribution >= 0.6 is 12.4 Å². The molecule has 1 aromatic carbocycles. The number of H-pyrrole nitrogens is 1. The van der Waals surface area contributed by atoms with E-state index in [1.54, 1.807) is 6.20 Å². The van der Waals surface area contributed by atoms with Gasteiger partial charge in [0.1, 0.15) is 0 Å². The van der Waals surface area contributed by atoms with Crippen LogP contribution in [0.4, 0.5) is 0 Å². The van der Waals surface area contributed by atoms with Crippen LogP contribution in [0.25, 0.3) is 0 Å². The summed E-state index contributed by atoms with van der Waals surface area (Å²) in [6, 6.07) is 7.97. The fourth-order valence-electron chi connectivity index (χ4n) is 4.19. The van der Waals surface area contributed by atoms with E-state index in [4.69, 9.17) is 5.73 Å². The number of benzene rings is 1. The maximum absolute atomic E-state index is 12.8. The zero-order valence-electron chi connectivity index (χ0n) is 14.2. The summed E-state index contributed by atoms with van der Waals surface area (Å²) in [5, 5.41) is 10.3. The number of nitrogens with zero attached hydrogens (tertiary/aromatic N) is 1. The number of nitrogens with one attached hydrogen (secondary N) is 2. The van der Waals surface area contributed by atoms with Crippen molar-refractivity contribution in [2.45, 2.75) is 56.5 Å². The number of aromatic amines is 1. The Morgan fingerprint density at radius 1 is 1.20 bits per heavy atom. The summed E-state index contributed by atoms with van der Waals surface area (Å²) in [7, 11) is 0. The first-order chi connectivity index (χ1) is 11.7. The quantitative estimate of drug-likeness (QED) is 0.785. The predicted molar refractivity (Wildman–Crippen MR) is 100.0 cm³/mol. The van der Waals surface area contributed by atoms with Gasteiger partial charge in [-0.3, -0.25) is 9.89 Å². The zero-order chi connectivity index (χ0) is 16.5. The SMILES string of the molecule is Cl.N[C@H]1c2ccccc2C[C@@H]1NC(=O)c1cn[nH]c1C1CCCCC1. The molecular formula is C19H25ClN4O. The van der Waals surface area contributed by atoms with Gasteiger partial charge in [-0.2, -0.15) is 5.10 Å². The number of carbonyl (C=O) groups excluding carboxylic acids is 1. The number of hydrogen-bond acceptors (Lipinski definition) is 3. The minimum absolute atomic E-state index is 0. The van der Waals surface area contributed by atoms with Crippen molar-refractivity contribution in [3.8, 4) is 0 Å². The normalized spacial score (nSPS) is 22.9. The third kappa shape index (κ3) is 3.44. The van der Waals surface area contributed by atoms with Crippen LogP contribution in [0.5, 0.6) is 0 Å². The van der Waals surface area contributed by atoms with E-state index >= 15 is 0 Å². The third-order valence-electron chi connectivity index (χ3n) is 5.53. The van der Waals surface area contributed by atoms with E-state index in [1.807, 2.05) is 12.1 Å². The third-order valence-corrected chi connectivity index (χ3v) is 5.53. The fraction of sp³-hybridized carbons (Fsp3) is 0.474. The maximum atomic E-state index is 12.8. The average Bonchev–Trinajstić information content (AvgIpc) is 3.22. The lowest BCUT2D eigenvalue weighted by molar-refractivity contribution is 0.0931. The van der Waals surface area contributed by atoms with Crippen molar-refractivity contribution < 1.29 is 4.79 Å². The number of hydrogen-bond donors (Lipinski definition) is 3. The Labute approximate surface area is 154 Å². The van der Waals surface area contributed by atoms with Gasteiger partial charge in [0, 0.05) is 5.92 Å². The smallest absolute Gasteiger partial charge is 0.255 e. The van der Waals surface area contributed by atoms with Crippen molar-refractivity contribution >= 4 is 18.3 Å². The fourth-order valence-corrected chi connectivity index (χ4v) is 4.19. The number of aromatic nitrogens is 2. The molecule has 1 saturated carbocycles. The van der Waals surface area contributed by atoms with Crippen molar-refractivity contribution in [2.75, 3.05) is 0 Å². The van der Waals surface area contributed by atoms with Crippen LogP contribution in [-0.4, -0.2) is 22.1 Å². The summed E-state index contributed by atoms with van der Waals surface area (Å²) in [5.41, 5.74) is 10.4. The second-order valence-corrected chi connectivity index (χ2v) is 7.04. The summed E-state index contributed by atoms with van der Waals surface area (Å²) in [5.74, 6) is 0.369. The summed E-state index contributed by atoms with van der Waals surface area (Å²) in [6.45, 7) is 0. The van der Waals surface area contributed by atoms with E-state index in [2.05, 4.69) is 27.6 Å². The highest BCUT2D eigenvalue weighted by atomic mass is 35.5. The molecule has 1 heterocycles. The first-order valence-electron chi connectivity index (χ1n) is 8.91. The van der Waals surface area contributed by atoms with E-state index < -0.39 is 0 Å². The summed E-state index contributed by atoms with van der Waals surface area (Å²) >= 11 is 0. The molecule has 134 valence electrons. The molecule has 6 heteroatoms. The van der Waals surface area contributed by atoms with Crippen molar-refractivity contribution in [2.24, 2.45) is 5.73 Å². The van der Waals surface area contributed by atoms with Gasteiger partial charge in [0.05, 0.1) is 29.5 Å². The summed E-state index contributed by atoms with van der Waals surface area (Å²) < 4.78 is 0. The van der Waals surface area contributed by atoms with Gasteiger partial charge >= 0.3 is 0 Å². The van der Waals surface area contributed by atoms with Crippen LogP contribution in [0.15, 0.2) is 30.5 Å². The van der Waals surface area contributed by atoms with Gasteiger partial charge in [-0.25, -0.2) is 0 Å². The Bertz CT molecular complexity index is 739. The highest BCUT2D eigenvalue weighted by Crippen LogP contribution is 2.34. The molecule has 0 bridgehead atoms. The first kappa shape index (κ1) is 18.0. The molecule has 2 aliphatic rings. The molecule has 25 heavy (non-hydrogen) atoms. The van der Waals surface area contributed by atoms with Crippen molar-refractivity contribution in [1.82, 2.24) is 15.5 Å². The van der Waals surface area contributed by atoms with Crippen LogP contribution in [0.2, 0.25) is 0 Å². The van der Waals surface area contributed by atoms with Crippen molar-refractivity contribution in [3.63, 3.8) is 0 Å². The van der Waals surface area contributed by atoms with Crippen LogP contribution in [-0.2, 0) is 6.42 Å². The van der Waals surface area contributed by atoms with Gasteiger partial charge in [-0.05, 0) is 30.4 Å². The minimum atomic E-state index is -0.143. The topological polar surface area (TPSA) is 83.8 Å². The Kier molecular flexibility index (Phi) is 5.45. The number of halogens is 1. The Hall–Kier alpha value is -1.85. The molecule has 2 aliphatic carbocycles. The first-order valence-corrected chi connectivity index (χ1v) is 8.91. The van der Waals surface area contributed by atoms with Crippen LogP contribution in [0, 0.1) is 0 Å². The largest absolute Gasteiger partial charge is 0.347 e. The molecule has 0 aliphatic heterocycles. The lowest BCUT2D eigenvalue weighted by atomic mass is 9.85. The minimum Gasteiger partial charge on any atom is -0.347 e. The highest BCUT2D eigenvalue weighted by Gasteiger charge is 2.32. The maximum Gasteiger partial charge on any atom is 0.255 e. The van der Waals surface area contributed by atoms with Gasteiger partial charge in [-0.1, -0.05) is 43.5 Å². The van der Waals surface area contributed by atoms with E-state index in [0.29, 0.717) is 11.5 Å². The molecule has 2 aromatic rings. The Morgan fingerprint density at radius 2 is 1.96 bits per heavy atom. The Morgan fingerprint density at radius 3 is 2.72 bits per heavy atom. The lowest BCUT2D eigenvalue weighted by Crippen LogP contribution is -2.40. The molecule has 1 amide bonds. The number of nitrogens with two attached hydrogens (primary N) is 1. The number of amides is 1. The van der Waals surface area contributed by atoms with Gasteiger partial charge in [-0.15, -0.1) is 12.4 Å². The second kappa shape index (κ2) is 7.58. The number of rotatable bonds is 3. The van der Waals surface area contributed by atoms with E-state index in [0.717, 1.165) is 30.5 Å². The summed E-state index contributed by atoms with van der Waals surface area (Å²) in [6.07, 6.45) is 8.47. The monoisotopic (exact) mass is 360 g/mol. The average molecular weight is 361 g/mol. The van der Waals surface area contributed by atoms with Crippen molar-refractivity contribution in [1.29, 1.82) is 0 Å². The molecule has 1 fully saturated rings. The van der Waals surface area contributed by atoms with Gasteiger partial charge in [0.25, 0.3) is 5.91 Å². The van der Waals surface area contributed by atoms with Gasteiger partial charge < -0.3 is 11.1 Å². The van der Waals surface area contributed by atoms with Crippen LogP contribution < -0.4 is 11.1 Å².